The summed E-state index contributed by atoms with van der Waals surface area (Å²) in [5.41, 5.74) is -2.33. The lowest BCUT2D eigenvalue weighted by molar-refractivity contribution is 0.0598. The average molecular weight is 512 g/mol. The van der Waals surface area contributed by atoms with Gasteiger partial charge in [0.05, 0.1) is 29.3 Å². The van der Waals surface area contributed by atoms with E-state index in [1.165, 1.54) is 18.1 Å². The van der Waals surface area contributed by atoms with Gasteiger partial charge in [-0.2, -0.15) is 0 Å². The van der Waals surface area contributed by atoms with Crippen molar-refractivity contribution in [3.8, 4) is 5.69 Å². The van der Waals surface area contributed by atoms with Gasteiger partial charge in [-0.15, -0.1) is 0 Å². The summed E-state index contributed by atoms with van der Waals surface area (Å²) in [5.74, 6) is -6.85. The molecule has 1 N–H and O–H groups in total. The predicted molar refractivity (Wildman–Crippen MR) is 124 cm³/mol. The van der Waals surface area contributed by atoms with Crippen LogP contribution in [0, 0.1) is 23.3 Å². The van der Waals surface area contributed by atoms with Gasteiger partial charge in [-0.3, -0.25) is 4.79 Å². The van der Waals surface area contributed by atoms with Gasteiger partial charge in [0.2, 0.25) is 5.43 Å². The average Bonchev–Trinajstić information content (AvgIpc) is 3.28. The second-order valence-corrected chi connectivity index (χ2v) is 8.35. The predicted octanol–water partition coefficient (Wildman–Crippen LogP) is 4.55. The van der Waals surface area contributed by atoms with Crippen LogP contribution >= 0.6 is 0 Å². The first kappa shape index (κ1) is 24.0. The van der Waals surface area contributed by atoms with Crippen molar-refractivity contribution in [3.63, 3.8) is 0 Å². The van der Waals surface area contributed by atoms with Gasteiger partial charge in [0.25, 0.3) is 0 Å². The molecule has 0 fully saturated rings. The highest BCUT2D eigenvalue weighted by Crippen LogP contribution is 2.37. The molecule has 3 aromatic carbocycles. The zero-order valence-corrected chi connectivity index (χ0v) is 19.0. The SMILES string of the molecule is COC(=O)c1cccc2c1CN(c1c(F)cc3c(=O)c(C(=O)O)cn(-c4ccc(F)cc4F)c3c1F)C2. The lowest BCUT2D eigenvalue weighted by atomic mass is 10.0. The highest BCUT2D eigenvalue weighted by Gasteiger charge is 2.31. The number of carbonyl (C=O) groups is 2. The molecule has 0 saturated carbocycles. The third-order valence-electron chi connectivity index (χ3n) is 6.26. The van der Waals surface area contributed by atoms with Crippen LogP contribution in [0.15, 0.2) is 53.5 Å². The number of halogens is 4. The molecule has 0 aliphatic carbocycles. The zero-order chi connectivity index (χ0) is 26.6. The molecular weight excluding hydrogens is 496 g/mol. The number of hydrogen-bond acceptors (Lipinski definition) is 5. The fourth-order valence-electron chi connectivity index (χ4n) is 4.59. The van der Waals surface area contributed by atoms with Crippen molar-refractivity contribution in [2.45, 2.75) is 13.1 Å². The first-order valence-corrected chi connectivity index (χ1v) is 10.8. The minimum absolute atomic E-state index is 0.00185. The number of benzene rings is 3. The van der Waals surface area contributed by atoms with Crippen LogP contribution in [0.4, 0.5) is 23.2 Å². The van der Waals surface area contributed by atoms with Crippen molar-refractivity contribution in [1.29, 1.82) is 0 Å². The van der Waals surface area contributed by atoms with Crippen molar-refractivity contribution in [1.82, 2.24) is 4.57 Å². The van der Waals surface area contributed by atoms with Gasteiger partial charge in [-0.1, -0.05) is 12.1 Å². The first-order valence-electron chi connectivity index (χ1n) is 10.8. The van der Waals surface area contributed by atoms with Gasteiger partial charge in [0.15, 0.2) is 5.82 Å². The number of aromatic nitrogens is 1. The number of carboxylic acids is 1. The third kappa shape index (κ3) is 3.79. The third-order valence-corrected chi connectivity index (χ3v) is 6.26. The van der Waals surface area contributed by atoms with Crippen LogP contribution in [-0.4, -0.2) is 28.7 Å². The van der Waals surface area contributed by atoms with Crippen LogP contribution in [0.1, 0.15) is 31.8 Å². The number of anilines is 1. The summed E-state index contributed by atoms with van der Waals surface area (Å²) in [5, 5.41) is 8.82. The molecule has 0 atom stereocenters. The molecular formula is C26H16F4N2O5. The molecule has 1 aliphatic heterocycles. The van der Waals surface area contributed by atoms with Crippen LogP contribution in [0.3, 0.4) is 0 Å². The summed E-state index contributed by atoms with van der Waals surface area (Å²) in [7, 11) is 1.20. The second-order valence-electron chi connectivity index (χ2n) is 8.35. The largest absolute Gasteiger partial charge is 0.477 e. The quantitative estimate of drug-likeness (QED) is 0.319. The normalized spacial score (nSPS) is 12.6. The molecule has 0 spiro atoms. The highest BCUT2D eigenvalue weighted by atomic mass is 19.1. The van der Waals surface area contributed by atoms with E-state index in [4.69, 9.17) is 4.74 Å². The minimum atomic E-state index is -1.70. The Morgan fingerprint density at radius 2 is 1.73 bits per heavy atom. The van der Waals surface area contributed by atoms with Gasteiger partial charge >= 0.3 is 11.9 Å². The maximum absolute atomic E-state index is 16.1. The molecule has 1 aromatic heterocycles. The van der Waals surface area contributed by atoms with E-state index in [0.717, 1.165) is 16.7 Å². The van der Waals surface area contributed by atoms with Gasteiger partial charge in [-0.05, 0) is 35.4 Å². The van der Waals surface area contributed by atoms with Crippen molar-refractivity contribution >= 4 is 28.5 Å². The Morgan fingerprint density at radius 3 is 2.41 bits per heavy atom. The Hall–Kier alpha value is -4.67. The number of carbonyl (C=O) groups excluding carboxylic acids is 1. The molecule has 1 aliphatic rings. The number of fused-ring (bicyclic) bond motifs is 2. The van der Waals surface area contributed by atoms with E-state index < -0.39 is 68.5 Å². The first-order chi connectivity index (χ1) is 17.6. The number of nitrogens with zero attached hydrogens (tertiary/aromatic N) is 2. The van der Waals surface area contributed by atoms with Crippen molar-refractivity contribution < 1.29 is 37.0 Å². The number of carboxylic acid groups (broad SMARTS) is 1. The zero-order valence-electron chi connectivity index (χ0n) is 19.0. The Kier molecular flexibility index (Phi) is 5.70. The van der Waals surface area contributed by atoms with E-state index in [-0.39, 0.29) is 18.7 Å². The van der Waals surface area contributed by atoms with Crippen LogP contribution in [-0.2, 0) is 17.8 Å². The Morgan fingerprint density at radius 1 is 0.973 bits per heavy atom. The highest BCUT2D eigenvalue weighted by molar-refractivity contribution is 5.95. The molecule has 0 saturated heterocycles. The van der Waals surface area contributed by atoms with Crippen LogP contribution in [0.5, 0.6) is 0 Å². The smallest absolute Gasteiger partial charge is 0.341 e. The Labute approximate surface area is 205 Å². The fraction of sp³-hybridized carbons (Fsp3) is 0.115. The van der Waals surface area contributed by atoms with Crippen LogP contribution in [0.2, 0.25) is 0 Å². The number of hydrogen-bond donors (Lipinski definition) is 1. The van der Waals surface area contributed by atoms with E-state index in [1.54, 1.807) is 12.1 Å². The molecule has 188 valence electrons. The number of pyridine rings is 1. The van der Waals surface area contributed by atoms with Gasteiger partial charge in [-0.25, -0.2) is 27.2 Å². The topological polar surface area (TPSA) is 88.8 Å². The fourth-order valence-corrected chi connectivity index (χ4v) is 4.59. The van der Waals surface area contributed by atoms with Crippen LogP contribution in [0.25, 0.3) is 16.6 Å². The molecule has 11 heteroatoms. The number of esters is 1. The maximum Gasteiger partial charge on any atom is 0.341 e. The minimum Gasteiger partial charge on any atom is -0.477 e. The summed E-state index contributed by atoms with van der Waals surface area (Å²) in [6.45, 7) is -0.0792. The van der Waals surface area contributed by atoms with Crippen molar-refractivity contribution in [2.24, 2.45) is 0 Å². The Balaban J connectivity index is 1.77. The molecule has 4 aromatic rings. The van der Waals surface area contributed by atoms with Crippen LogP contribution < -0.4 is 10.3 Å². The van der Waals surface area contributed by atoms with Crippen molar-refractivity contribution in [2.75, 3.05) is 12.0 Å². The molecule has 0 amide bonds. The molecule has 2 heterocycles. The lowest BCUT2D eigenvalue weighted by Gasteiger charge is -2.22. The summed E-state index contributed by atoms with van der Waals surface area (Å²) in [6.07, 6.45) is 0.710. The van der Waals surface area contributed by atoms with Crippen molar-refractivity contribution in [3.05, 3.63) is 104 Å². The van der Waals surface area contributed by atoms with E-state index in [9.17, 15) is 28.3 Å². The standard InChI is InChI=1S/C26H16F4N2O5/c1-37-26(36)14-4-2-3-12-9-31(10-16(12)14)23-19(29)8-15-22(21(23)30)32(11-17(24(15)33)25(34)35)20-6-5-13(27)7-18(20)28/h2-8,11H,9-10H2,1H3,(H,34,35). The van der Waals surface area contributed by atoms with Gasteiger partial charge < -0.3 is 19.3 Å². The van der Waals surface area contributed by atoms with Gasteiger partial charge in [0.1, 0.15) is 28.7 Å². The summed E-state index contributed by atoms with van der Waals surface area (Å²) < 4.78 is 65.3. The molecule has 7 nitrogen and oxygen atoms in total. The number of methoxy groups -OCH3 is 1. The summed E-state index contributed by atoms with van der Waals surface area (Å²) in [6, 6.07) is 7.81. The summed E-state index contributed by atoms with van der Waals surface area (Å²) >= 11 is 0. The van der Waals surface area contributed by atoms with Gasteiger partial charge in [0, 0.05) is 25.4 Å². The molecule has 37 heavy (non-hydrogen) atoms. The number of ether oxygens (including phenoxy) is 1. The number of rotatable bonds is 4. The molecule has 5 rings (SSSR count). The monoisotopic (exact) mass is 512 g/mol. The molecule has 0 unspecified atom stereocenters. The Bertz CT molecular complexity index is 1700. The summed E-state index contributed by atoms with van der Waals surface area (Å²) in [4.78, 5) is 37.9. The van der Waals surface area contributed by atoms with E-state index in [0.29, 0.717) is 29.5 Å². The van der Waals surface area contributed by atoms with E-state index >= 15 is 8.78 Å². The molecule has 0 bridgehead atoms. The number of aromatic carboxylic acids is 1. The molecule has 0 radical (unpaired) electrons. The van der Waals surface area contributed by atoms with E-state index in [1.807, 2.05) is 0 Å². The maximum atomic E-state index is 16.1. The second kappa shape index (κ2) is 8.77. The lowest BCUT2D eigenvalue weighted by Crippen LogP contribution is -2.23. The van der Waals surface area contributed by atoms with E-state index in [2.05, 4.69) is 0 Å².